The lowest BCUT2D eigenvalue weighted by Crippen LogP contribution is -2.62. The molecule has 2 aromatic rings. The lowest BCUT2D eigenvalue weighted by molar-refractivity contribution is 0.0190. The summed E-state index contributed by atoms with van der Waals surface area (Å²) >= 11 is 0. The number of rotatable bonds is 3. The van der Waals surface area contributed by atoms with Crippen LogP contribution >= 0.6 is 0 Å². The van der Waals surface area contributed by atoms with Crippen LogP contribution in [-0.4, -0.2) is 90.3 Å². The zero-order valence-corrected chi connectivity index (χ0v) is 15.3. The normalized spacial score (nSPS) is 21.5. The van der Waals surface area contributed by atoms with Gasteiger partial charge < -0.3 is 14.5 Å². The highest BCUT2D eigenvalue weighted by molar-refractivity contribution is 5.99. The monoisotopic (exact) mass is 355 g/mol. The van der Waals surface area contributed by atoms with Gasteiger partial charge in [0.1, 0.15) is 5.75 Å². The summed E-state index contributed by atoms with van der Waals surface area (Å²) in [6, 6.07) is 8.10. The summed E-state index contributed by atoms with van der Waals surface area (Å²) in [6.07, 6.45) is 1.64. The van der Waals surface area contributed by atoms with Crippen LogP contribution in [0.5, 0.6) is 5.75 Å². The number of piperazine rings is 2. The summed E-state index contributed by atoms with van der Waals surface area (Å²) in [7, 11) is 3.79. The number of aromatic amines is 1. The molecule has 7 heteroatoms. The van der Waals surface area contributed by atoms with E-state index in [0.29, 0.717) is 11.6 Å². The molecule has 3 heterocycles. The molecule has 1 aromatic heterocycles. The van der Waals surface area contributed by atoms with Gasteiger partial charge in [-0.1, -0.05) is 12.1 Å². The van der Waals surface area contributed by atoms with E-state index in [0.717, 1.165) is 56.3 Å². The number of fused-ring (bicyclic) bond motifs is 1. The van der Waals surface area contributed by atoms with Crippen LogP contribution in [0.2, 0.25) is 0 Å². The molecule has 2 fully saturated rings. The Balaban J connectivity index is 1.55. The molecule has 4 rings (SSSR count). The Bertz CT molecular complexity index is 790. The zero-order valence-electron chi connectivity index (χ0n) is 15.3. The molecule has 0 bridgehead atoms. The van der Waals surface area contributed by atoms with Crippen molar-refractivity contribution in [1.29, 1.82) is 0 Å². The first-order valence-electron chi connectivity index (χ1n) is 9.05. The third-order valence-electron chi connectivity index (χ3n) is 5.41. The number of amides is 1. The van der Waals surface area contributed by atoms with Gasteiger partial charge in [0.05, 0.1) is 24.6 Å². The molecular weight excluding hydrogens is 330 g/mol. The minimum absolute atomic E-state index is 0.0458. The highest BCUT2D eigenvalue weighted by Gasteiger charge is 2.34. The summed E-state index contributed by atoms with van der Waals surface area (Å²) in [6.45, 7) is 5.68. The Labute approximate surface area is 153 Å². The quantitative estimate of drug-likeness (QED) is 0.895. The second kappa shape index (κ2) is 7.09. The number of carbonyl (C=O) groups excluding carboxylic acids is 1. The Morgan fingerprint density at radius 1 is 1.23 bits per heavy atom. The number of nitrogens with one attached hydrogen (secondary N) is 1. The van der Waals surface area contributed by atoms with Crippen molar-refractivity contribution in [3.8, 4) is 17.0 Å². The molecule has 0 spiro atoms. The van der Waals surface area contributed by atoms with E-state index in [9.17, 15) is 4.79 Å². The predicted molar refractivity (Wildman–Crippen MR) is 99.3 cm³/mol. The lowest BCUT2D eigenvalue weighted by atomic mass is 10.0. The third kappa shape index (κ3) is 3.20. The Morgan fingerprint density at radius 2 is 2.08 bits per heavy atom. The molecule has 2 saturated heterocycles. The van der Waals surface area contributed by atoms with Crippen molar-refractivity contribution in [2.75, 3.05) is 53.4 Å². The third-order valence-corrected chi connectivity index (χ3v) is 5.41. The van der Waals surface area contributed by atoms with E-state index in [2.05, 4.69) is 27.0 Å². The molecule has 1 N–H and O–H groups in total. The van der Waals surface area contributed by atoms with Crippen molar-refractivity contribution in [2.24, 2.45) is 0 Å². The van der Waals surface area contributed by atoms with E-state index in [-0.39, 0.29) is 5.91 Å². The van der Waals surface area contributed by atoms with Gasteiger partial charge in [0.25, 0.3) is 5.91 Å². The lowest BCUT2D eigenvalue weighted by Gasteiger charge is -2.46. The fourth-order valence-corrected chi connectivity index (χ4v) is 3.91. The molecule has 138 valence electrons. The van der Waals surface area contributed by atoms with Crippen LogP contribution in [0.4, 0.5) is 0 Å². The van der Waals surface area contributed by atoms with Gasteiger partial charge in [0.15, 0.2) is 0 Å². The van der Waals surface area contributed by atoms with Gasteiger partial charge in [0.2, 0.25) is 0 Å². The molecule has 2 aliphatic rings. The van der Waals surface area contributed by atoms with Crippen LogP contribution in [0, 0.1) is 0 Å². The fourth-order valence-electron chi connectivity index (χ4n) is 3.91. The van der Waals surface area contributed by atoms with E-state index < -0.39 is 0 Å². The maximum absolute atomic E-state index is 13.2. The van der Waals surface area contributed by atoms with Gasteiger partial charge >= 0.3 is 0 Å². The topological polar surface area (TPSA) is 64.7 Å². The van der Waals surface area contributed by atoms with E-state index in [1.54, 1.807) is 13.3 Å². The molecule has 1 atom stereocenters. The highest BCUT2D eigenvalue weighted by Crippen LogP contribution is 2.26. The zero-order chi connectivity index (χ0) is 18.1. The Kier molecular flexibility index (Phi) is 4.65. The Morgan fingerprint density at radius 3 is 2.92 bits per heavy atom. The predicted octanol–water partition coefficient (Wildman–Crippen LogP) is 1.16. The first kappa shape index (κ1) is 17.1. The van der Waals surface area contributed by atoms with E-state index in [1.807, 2.05) is 29.2 Å². The van der Waals surface area contributed by atoms with Crippen LogP contribution in [0.15, 0.2) is 30.5 Å². The summed E-state index contributed by atoms with van der Waals surface area (Å²) < 4.78 is 5.30. The maximum atomic E-state index is 13.2. The molecule has 26 heavy (non-hydrogen) atoms. The maximum Gasteiger partial charge on any atom is 0.257 e. The van der Waals surface area contributed by atoms with E-state index in [1.165, 1.54) is 0 Å². The van der Waals surface area contributed by atoms with E-state index >= 15 is 0 Å². The van der Waals surface area contributed by atoms with Crippen LogP contribution in [-0.2, 0) is 0 Å². The average Bonchev–Trinajstić information content (AvgIpc) is 3.16. The number of nitrogens with zero attached hydrogens (tertiary/aromatic N) is 4. The number of methoxy groups -OCH3 is 1. The molecule has 0 aliphatic carbocycles. The first-order valence-corrected chi connectivity index (χ1v) is 9.05. The van der Waals surface area contributed by atoms with Gasteiger partial charge in [-0.25, -0.2) is 0 Å². The smallest absolute Gasteiger partial charge is 0.257 e. The SMILES string of the molecule is COc1cccc(-c2[nH]ncc2C(=O)N2CCN3CCN(C)C[C@@H]3C2)c1. The first-order chi connectivity index (χ1) is 12.7. The van der Waals surface area contributed by atoms with Crippen LogP contribution in [0.3, 0.4) is 0 Å². The van der Waals surface area contributed by atoms with Crippen molar-refractivity contribution in [3.63, 3.8) is 0 Å². The highest BCUT2D eigenvalue weighted by atomic mass is 16.5. The van der Waals surface area contributed by atoms with Crippen molar-refractivity contribution in [1.82, 2.24) is 24.9 Å². The number of carbonyl (C=O) groups is 1. The molecular formula is C19H25N5O2. The molecule has 2 aliphatic heterocycles. The Hall–Kier alpha value is -2.38. The van der Waals surface area contributed by atoms with Crippen molar-refractivity contribution >= 4 is 5.91 Å². The summed E-state index contributed by atoms with van der Waals surface area (Å²) in [5.41, 5.74) is 2.27. The largest absolute Gasteiger partial charge is 0.497 e. The average molecular weight is 355 g/mol. The number of benzene rings is 1. The van der Waals surface area contributed by atoms with Gasteiger partial charge in [0, 0.05) is 50.9 Å². The van der Waals surface area contributed by atoms with Crippen LogP contribution in [0.1, 0.15) is 10.4 Å². The van der Waals surface area contributed by atoms with Crippen molar-refractivity contribution in [3.05, 3.63) is 36.0 Å². The number of H-pyrrole nitrogens is 1. The molecule has 1 aromatic carbocycles. The minimum Gasteiger partial charge on any atom is -0.497 e. The molecule has 0 saturated carbocycles. The fraction of sp³-hybridized carbons (Fsp3) is 0.474. The van der Waals surface area contributed by atoms with Crippen LogP contribution < -0.4 is 4.74 Å². The van der Waals surface area contributed by atoms with Gasteiger partial charge in [-0.05, 0) is 19.2 Å². The molecule has 7 nitrogen and oxygen atoms in total. The van der Waals surface area contributed by atoms with Crippen molar-refractivity contribution in [2.45, 2.75) is 6.04 Å². The molecule has 1 amide bonds. The second-order valence-corrected chi connectivity index (χ2v) is 7.09. The minimum atomic E-state index is 0.0458. The standard InChI is InChI=1S/C19H25N5O2/c1-22-6-7-23-8-9-24(13-15(23)12-22)19(25)17-11-20-21-18(17)14-4-3-5-16(10-14)26-2/h3-5,10-11,15H,6-9,12-13H2,1-2H3,(H,20,21)/t15-/m1/s1. The number of hydrogen-bond acceptors (Lipinski definition) is 5. The van der Waals surface area contributed by atoms with Gasteiger partial charge in [-0.15, -0.1) is 0 Å². The summed E-state index contributed by atoms with van der Waals surface area (Å²) in [4.78, 5) is 20.0. The van der Waals surface area contributed by atoms with Crippen molar-refractivity contribution < 1.29 is 9.53 Å². The van der Waals surface area contributed by atoms with Crippen LogP contribution in [0.25, 0.3) is 11.3 Å². The van der Waals surface area contributed by atoms with Gasteiger partial charge in [-0.2, -0.15) is 5.10 Å². The summed E-state index contributed by atoms with van der Waals surface area (Å²) in [5.74, 6) is 0.804. The second-order valence-electron chi connectivity index (χ2n) is 7.09. The van der Waals surface area contributed by atoms with E-state index in [4.69, 9.17) is 4.74 Å². The number of aromatic nitrogens is 2. The molecule has 0 unspecified atom stereocenters. The molecule has 0 radical (unpaired) electrons. The number of ether oxygens (including phenoxy) is 1. The number of hydrogen-bond donors (Lipinski definition) is 1. The summed E-state index contributed by atoms with van der Waals surface area (Å²) in [5, 5.41) is 7.12. The van der Waals surface area contributed by atoms with Gasteiger partial charge in [-0.3, -0.25) is 14.8 Å². The number of likely N-dealkylation sites (N-methyl/N-ethyl adjacent to an activating group) is 1.